The predicted octanol–water partition coefficient (Wildman–Crippen LogP) is 3.13. The van der Waals surface area contributed by atoms with Gasteiger partial charge in [0, 0.05) is 6.54 Å². The van der Waals surface area contributed by atoms with Gasteiger partial charge in [0.25, 0.3) is 0 Å². The standard InChI is InChI=1S/C17H23F3N2O3/c1-12(10-24-11-17(18,19)20)21-16(23)22-8-13(2)25-15(9-22)14-6-4-3-5-7-14/h3-7,12-13,15H,8-11H2,1-2H3,(H,21,23)/t12-,13-,15+/m1/s1. The Morgan fingerprint density at radius 3 is 2.68 bits per heavy atom. The second-order valence-electron chi connectivity index (χ2n) is 6.23. The van der Waals surface area contributed by atoms with Gasteiger partial charge in [-0.2, -0.15) is 13.2 Å². The molecule has 1 aromatic rings. The zero-order valence-corrected chi connectivity index (χ0v) is 14.3. The van der Waals surface area contributed by atoms with Crippen LogP contribution in [0.15, 0.2) is 30.3 Å². The van der Waals surface area contributed by atoms with Gasteiger partial charge in [-0.3, -0.25) is 0 Å². The van der Waals surface area contributed by atoms with Crippen molar-refractivity contribution < 1.29 is 27.4 Å². The summed E-state index contributed by atoms with van der Waals surface area (Å²) in [4.78, 5) is 14.0. The lowest BCUT2D eigenvalue weighted by atomic mass is 10.1. The summed E-state index contributed by atoms with van der Waals surface area (Å²) >= 11 is 0. The van der Waals surface area contributed by atoms with Crippen LogP contribution in [0.25, 0.3) is 0 Å². The van der Waals surface area contributed by atoms with Crippen molar-refractivity contribution in [1.82, 2.24) is 10.2 Å². The van der Waals surface area contributed by atoms with E-state index in [0.717, 1.165) is 5.56 Å². The maximum Gasteiger partial charge on any atom is 0.411 e. The number of rotatable bonds is 5. The topological polar surface area (TPSA) is 50.8 Å². The predicted molar refractivity (Wildman–Crippen MR) is 86.2 cm³/mol. The molecule has 1 saturated heterocycles. The van der Waals surface area contributed by atoms with Crippen LogP contribution in [0.5, 0.6) is 0 Å². The third-order valence-electron chi connectivity index (χ3n) is 3.72. The summed E-state index contributed by atoms with van der Waals surface area (Å²) in [6.45, 7) is 2.77. The van der Waals surface area contributed by atoms with Gasteiger partial charge in [0.15, 0.2) is 0 Å². The molecule has 0 unspecified atom stereocenters. The van der Waals surface area contributed by atoms with Gasteiger partial charge in [0.05, 0.1) is 25.3 Å². The Balaban J connectivity index is 1.85. The summed E-state index contributed by atoms with van der Waals surface area (Å²) in [5, 5.41) is 2.67. The fourth-order valence-electron chi connectivity index (χ4n) is 2.66. The van der Waals surface area contributed by atoms with Crippen molar-refractivity contribution in [3.8, 4) is 0 Å². The minimum atomic E-state index is -4.37. The first-order valence-corrected chi connectivity index (χ1v) is 8.15. The van der Waals surface area contributed by atoms with Gasteiger partial charge in [-0.05, 0) is 19.4 Å². The van der Waals surface area contributed by atoms with Crippen LogP contribution in [0, 0.1) is 0 Å². The molecule has 25 heavy (non-hydrogen) atoms. The van der Waals surface area contributed by atoms with Gasteiger partial charge in [-0.1, -0.05) is 30.3 Å². The Bertz CT molecular complexity index is 554. The first-order chi connectivity index (χ1) is 11.7. The number of amides is 2. The van der Waals surface area contributed by atoms with Crippen LogP contribution in [0.1, 0.15) is 25.5 Å². The van der Waals surface area contributed by atoms with E-state index in [2.05, 4.69) is 10.1 Å². The van der Waals surface area contributed by atoms with E-state index in [1.165, 1.54) is 0 Å². The molecule has 8 heteroatoms. The van der Waals surface area contributed by atoms with Crippen LogP contribution in [-0.2, 0) is 9.47 Å². The number of nitrogens with one attached hydrogen (secondary N) is 1. The Morgan fingerprint density at radius 1 is 1.36 bits per heavy atom. The molecule has 0 aliphatic carbocycles. The van der Waals surface area contributed by atoms with E-state index < -0.39 is 18.8 Å². The van der Waals surface area contributed by atoms with Crippen molar-refractivity contribution in [3.63, 3.8) is 0 Å². The minimum Gasteiger partial charge on any atom is -0.370 e. The number of hydrogen-bond acceptors (Lipinski definition) is 3. The average molecular weight is 360 g/mol. The zero-order valence-electron chi connectivity index (χ0n) is 14.3. The molecule has 1 aliphatic heterocycles. The van der Waals surface area contributed by atoms with Gasteiger partial charge < -0.3 is 19.7 Å². The highest BCUT2D eigenvalue weighted by Gasteiger charge is 2.30. The number of halogens is 3. The number of ether oxygens (including phenoxy) is 2. The summed E-state index contributed by atoms with van der Waals surface area (Å²) in [6, 6.07) is 8.73. The number of hydrogen-bond donors (Lipinski definition) is 1. The molecule has 0 radical (unpaired) electrons. The maximum absolute atomic E-state index is 12.4. The lowest BCUT2D eigenvalue weighted by Crippen LogP contribution is -2.52. The molecule has 1 fully saturated rings. The highest BCUT2D eigenvalue weighted by Crippen LogP contribution is 2.25. The molecule has 0 spiro atoms. The number of carbonyl (C=O) groups is 1. The van der Waals surface area contributed by atoms with Gasteiger partial charge >= 0.3 is 12.2 Å². The summed E-state index contributed by atoms with van der Waals surface area (Å²) in [6.07, 6.45) is -4.74. The molecule has 3 atom stereocenters. The smallest absolute Gasteiger partial charge is 0.370 e. The summed E-state index contributed by atoms with van der Waals surface area (Å²) < 4.78 is 46.7. The third kappa shape index (κ3) is 6.55. The van der Waals surface area contributed by atoms with E-state index in [-0.39, 0.29) is 24.8 Å². The van der Waals surface area contributed by atoms with Crippen LogP contribution in [0.3, 0.4) is 0 Å². The number of urea groups is 1. The maximum atomic E-state index is 12.4. The van der Waals surface area contributed by atoms with E-state index in [4.69, 9.17) is 4.74 Å². The van der Waals surface area contributed by atoms with E-state index in [0.29, 0.717) is 13.1 Å². The molecule has 1 aromatic carbocycles. The Kier molecular flexibility index (Phi) is 6.66. The Labute approximate surface area is 145 Å². The van der Waals surface area contributed by atoms with Gasteiger partial charge in [0.2, 0.25) is 0 Å². The van der Waals surface area contributed by atoms with Crippen LogP contribution < -0.4 is 5.32 Å². The minimum absolute atomic E-state index is 0.138. The lowest BCUT2D eigenvalue weighted by molar-refractivity contribution is -0.174. The SMILES string of the molecule is C[C@H](COCC(F)(F)F)NC(=O)N1C[C@@H](C)O[C@H](c2ccccc2)C1. The molecule has 1 heterocycles. The van der Waals surface area contributed by atoms with E-state index >= 15 is 0 Å². The molecular formula is C17H23F3N2O3. The summed E-state index contributed by atoms with van der Waals surface area (Å²) in [7, 11) is 0. The van der Waals surface area contributed by atoms with E-state index in [1.807, 2.05) is 37.3 Å². The highest BCUT2D eigenvalue weighted by atomic mass is 19.4. The summed E-state index contributed by atoms with van der Waals surface area (Å²) in [5.41, 5.74) is 0.980. The van der Waals surface area contributed by atoms with Crippen LogP contribution in [-0.4, -0.2) is 55.6 Å². The fourth-order valence-corrected chi connectivity index (χ4v) is 2.66. The molecule has 1 N–H and O–H groups in total. The van der Waals surface area contributed by atoms with Crippen LogP contribution in [0.2, 0.25) is 0 Å². The molecule has 2 rings (SSSR count). The molecule has 1 aliphatic rings. The molecule has 0 aromatic heterocycles. The number of carbonyl (C=O) groups excluding carboxylic acids is 1. The summed E-state index contributed by atoms with van der Waals surface area (Å²) in [5.74, 6) is 0. The van der Waals surface area contributed by atoms with Crippen molar-refractivity contribution in [1.29, 1.82) is 0 Å². The van der Waals surface area contributed by atoms with Crippen LogP contribution >= 0.6 is 0 Å². The van der Waals surface area contributed by atoms with Crippen molar-refractivity contribution in [2.45, 2.75) is 38.3 Å². The van der Waals surface area contributed by atoms with Crippen molar-refractivity contribution in [2.24, 2.45) is 0 Å². The zero-order chi connectivity index (χ0) is 18.4. The second kappa shape index (κ2) is 8.53. The number of nitrogens with zero attached hydrogens (tertiary/aromatic N) is 1. The van der Waals surface area contributed by atoms with Crippen LogP contribution in [0.4, 0.5) is 18.0 Å². The normalized spacial score (nSPS) is 22.5. The number of benzene rings is 1. The fraction of sp³-hybridized carbons (Fsp3) is 0.588. The molecule has 5 nitrogen and oxygen atoms in total. The highest BCUT2D eigenvalue weighted by molar-refractivity contribution is 5.74. The third-order valence-corrected chi connectivity index (χ3v) is 3.72. The Morgan fingerprint density at radius 2 is 2.04 bits per heavy atom. The van der Waals surface area contributed by atoms with E-state index in [9.17, 15) is 18.0 Å². The van der Waals surface area contributed by atoms with Gasteiger partial charge in [0.1, 0.15) is 12.7 Å². The number of morpholine rings is 1. The van der Waals surface area contributed by atoms with Crippen molar-refractivity contribution >= 4 is 6.03 Å². The molecule has 0 saturated carbocycles. The second-order valence-corrected chi connectivity index (χ2v) is 6.23. The van der Waals surface area contributed by atoms with Crippen molar-refractivity contribution in [2.75, 3.05) is 26.3 Å². The largest absolute Gasteiger partial charge is 0.411 e. The number of alkyl halides is 3. The first-order valence-electron chi connectivity index (χ1n) is 8.15. The average Bonchev–Trinajstić information content (AvgIpc) is 2.53. The first kappa shape index (κ1) is 19.5. The van der Waals surface area contributed by atoms with Gasteiger partial charge in [-0.25, -0.2) is 4.79 Å². The quantitative estimate of drug-likeness (QED) is 0.878. The van der Waals surface area contributed by atoms with Crippen molar-refractivity contribution in [3.05, 3.63) is 35.9 Å². The monoisotopic (exact) mass is 360 g/mol. The van der Waals surface area contributed by atoms with E-state index in [1.54, 1.807) is 11.8 Å². The molecule has 140 valence electrons. The van der Waals surface area contributed by atoms with Gasteiger partial charge in [-0.15, -0.1) is 0 Å². The lowest BCUT2D eigenvalue weighted by Gasteiger charge is -2.37. The molecule has 0 bridgehead atoms. The molecular weight excluding hydrogens is 337 g/mol. The molecule has 2 amide bonds. The Hall–Kier alpha value is -1.80.